The number of anilines is 1. The molecule has 30 heavy (non-hydrogen) atoms. The second-order valence-electron chi connectivity index (χ2n) is 7.60. The number of nitrogens with one attached hydrogen (secondary N) is 2. The molecule has 1 atom stereocenters. The Morgan fingerprint density at radius 1 is 1.17 bits per heavy atom. The van der Waals surface area contributed by atoms with Gasteiger partial charge in [-0.05, 0) is 60.7 Å². The molecule has 2 aromatic rings. The third-order valence-electron chi connectivity index (χ3n) is 5.59. The summed E-state index contributed by atoms with van der Waals surface area (Å²) in [4.78, 5) is 26.9. The largest absolute Gasteiger partial charge is 0.497 e. The van der Waals surface area contributed by atoms with Crippen LogP contribution in [-0.2, 0) is 17.7 Å². The van der Waals surface area contributed by atoms with Crippen LogP contribution in [-0.4, -0.2) is 44.8 Å². The number of rotatable bonds is 6. The van der Waals surface area contributed by atoms with Crippen molar-refractivity contribution in [2.75, 3.05) is 31.7 Å². The zero-order valence-corrected chi connectivity index (χ0v) is 17.1. The highest BCUT2D eigenvalue weighted by molar-refractivity contribution is 6.07. The van der Waals surface area contributed by atoms with Gasteiger partial charge in [0.05, 0.1) is 13.2 Å². The average Bonchev–Trinajstić information content (AvgIpc) is 3.45. The molecule has 0 spiro atoms. The first-order chi connectivity index (χ1) is 14.6. The summed E-state index contributed by atoms with van der Waals surface area (Å²) in [5.74, 6) is 0.690. The topological polar surface area (TPSA) is 79.9 Å². The molecule has 0 unspecified atom stereocenters. The number of hydrogen-bond acceptors (Lipinski definition) is 4. The number of ether oxygens (including phenoxy) is 2. The lowest BCUT2D eigenvalue weighted by Gasteiger charge is -2.18. The van der Waals surface area contributed by atoms with Crippen molar-refractivity contribution in [1.82, 2.24) is 10.6 Å². The third-order valence-corrected chi connectivity index (χ3v) is 5.59. The van der Waals surface area contributed by atoms with E-state index in [0.717, 1.165) is 48.4 Å². The lowest BCUT2D eigenvalue weighted by molar-refractivity contribution is 0.0989. The van der Waals surface area contributed by atoms with Gasteiger partial charge in [-0.1, -0.05) is 12.1 Å². The highest BCUT2D eigenvalue weighted by Gasteiger charge is 2.26. The molecule has 0 bridgehead atoms. The molecule has 7 nitrogen and oxygen atoms in total. The Morgan fingerprint density at radius 2 is 2.00 bits per heavy atom. The molecular weight excluding hydrogens is 382 g/mol. The Labute approximate surface area is 176 Å². The van der Waals surface area contributed by atoms with E-state index in [0.29, 0.717) is 25.2 Å². The SMILES string of the molecule is COc1ccc(C(=O)N2CCc3ccc(CNC(=O)NC[C@H]4CCCO4)cc32)cc1. The number of amides is 3. The summed E-state index contributed by atoms with van der Waals surface area (Å²) < 4.78 is 10.7. The summed E-state index contributed by atoms with van der Waals surface area (Å²) in [6, 6.07) is 13.0. The number of carbonyl (C=O) groups excluding carboxylic acids is 2. The monoisotopic (exact) mass is 409 g/mol. The zero-order chi connectivity index (χ0) is 20.9. The number of nitrogens with zero attached hydrogens (tertiary/aromatic N) is 1. The van der Waals surface area contributed by atoms with Gasteiger partial charge in [0.25, 0.3) is 5.91 Å². The number of hydrogen-bond donors (Lipinski definition) is 2. The molecule has 2 aliphatic heterocycles. The lowest BCUT2D eigenvalue weighted by Crippen LogP contribution is -2.39. The normalized spacial score (nSPS) is 17.5. The Balaban J connectivity index is 1.37. The molecule has 158 valence electrons. The van der Waals surface area contributed by atoms with Crippen molar-refractivity contribution in [3.63, 3.8) is 0 Å². The van der Waals surface area contributed by atoms with E-state index in [4.69, 9.17) is 9.47 Å². The van der Waals surface area contributed by atoms with Gasteiger partial charge in [-0.15, -0.1) is 0 Å². The van der Waals surface area contributed by atoms with Crippen molar-refractivity contribution in [3.8, 4) is 5.75 Å². The Hall–Kier alpha value is -3.06. The van der Waals surface area contributed by atoms with Crippen LogP contribution in [0.4, 0.5) is 10.5 Å². The van der Waals surface area contributed by atoms with E-state index < -0.39 is 0 Å². The molecule has 0 aromatic heterocycles. The number of urea groups is 1. The highest BCUT2D eigenvalue weighted by atomic mass is 16.5. The quantitative estimate of drug-likeness (QED) is 0.769. The van der Waals surface area contributed by atoms with Crippen molar-refractivity contribution in [2.45, 2.75) is 31.9 Å². The van der Waals surface area contributed by atoms with Gasteiger partial charge in [0.2, 0.25) is 0 Å². The van der Waals surface area contributed by atoms with Crippen molar-refractivity contribution >= 4 is 17.6 Å². The smallest absolute Gasteiger partial charge is 0.315 e. The van der Waals surface area contributed by atoms with E-state index in [2.05, 4.69) is 10.6 Å². The number of benzene rings is 2. The van der Waals surface area contributed by atoms with Gasteiger partial charge in [0.15, 0.2) is 0 Å². The maximum atomic E-state index is 13.0. The predicted molar refractivity (Wildman–Crippen MR) is 114 cm³/mol. The second kappa shape index (κ2) is 9.17. The first kappa shape index (κ1) is 20.2. The van der Waals surface area contributed by atoms with Gasteiger partial charge in [-0.3, -0.25) is 4.79 Å². The molecule has 0 saturated carbocycles. The molecule has 3 amide bonds. The van der Waals surface area contributed by atoms with Crippen LogP contribution in [0.1, 0.15) is 34.3 Å². The van der Waals surface area contributed by atoms with E-state index in [1.54, 1.807) is 36.3 Å². The maximum Gasteiger partial charge on any atom is 0.315 e. The lowest BCUT2D eigenvalue weighted by atomic mass is 10.1. The van der Waals surface area contributed by atoms with Gasteiger partial charge >= 0.3 is 6.03 Å². The molecule has 1 saturated heterocycles. The molecule has 2 aliphatic rings. The summed E-state index contributed by atoms with van der Waals surface area (Å²) >= 11 is 0. The van der Waals surface area contributed by atoms with Crippen LogP contribution in [0.15, 0.2) is 42.5 Å². The summed E-state index contributed by atoms with van der Waals surface area (Å²) in [6.07, 6.45) is 2.98. The molecule has 2 aromatic carbocycles. The minimum absolute atomic E-state index is 0.0316. The fourth-order valence-corrected chi connectivity index (χ4v) is 3.89. The minimum atomic E-state index is -0.211. The number of methoxy groups -OCH3 is 1. The van der Waals surface area contributed by atoms with Gasteiger partial charge in [0.1, 0.15) is 5.75 Å². The summed E-state index contributed by atoms with van der Waals surface area (Å²) in [5, 5.41) is 5.73. The van der Waals surface area contributed by atoms with E-state index in [9.17, 15) is 9.59 Å². The van der Waals surface area contributed by atoms with Crippen LogP contribution in [0.25, 0.3) is 0 Å². The maximum absolute atomic E-state index is 13.0. The third kappa shape index (κ3) is 4.57. The summed E-state index contributed by atoms with van der Waals surface area (Å²) in [5.41, 5.74) is 3.63. The standard InChI is InChI=1S/C23H27N3O4/c1-29-19-8-6-18(7-9-19)22(27)26-11-10-17-5-4-16(13-21(17)26)14-24-23(28)25-15-20-3-2-12-30-20/h4-9,13,20H,2-3,10-12,14-15H2,1H3,(H2,24,25,28)/t20-/m1/s1. The molecule has 0 aliphatic carbocycles. The van der Waals surface area contributed by atoms with Crippen molar-refractivity contribution < 1.29 is 19.1 Å². The molecule has 7 heteroatoms. The van der Waals surface area contributed by atoms with Gasteiger partial charge in [0, 0.05) is 37.5 Å². The van der Waals surface area contributed by atoms with Crippen LogP contribution in [0.2, 0.25) is 0 Å². The Bertz CT molecular complexity index is 907. The molecule has 2 heterocycles. The van der Waals surface area contributed by atoms with Gasteiger partial charge < -0.3 is 25.0 Å². The number of fused-ring (bicyclic) bond motifs is 1. The van der Waals surface area contributed by atoms with E-state index in [1.165, 1.54) is 0 Å². The van der Waals surface area contributed by atoms with Crippen LogP contribution in [0.5, 0.6) is 5.75 Å². The first-order valence-electron chi connectivity index (χ1n) is 10.3. The Kier molecular flexibility index (Phi) is 6.18. The van der Waals surface area contributed by atoms with E-state index in [1.807, 2.05) is 18.2 Å². The fourth-order valence-electron chi connectivity index (χ4n) is 3.89. The highest BCUT2D eigenvalue weighted by Crippen LogP contribution is 2.30. The molecule has 4 rings (SSSR count). The zero-order valence-electron chi connectivity index (χ0n) is 17.1. The van der Waals surface area contributed by atoms with Gasteiger partial charge in [-0.2, -0.15) is 0 Å². The van der Waals surface area contributed by atoms with Crippen molar-refractivity contribution in [1.29, 1.82) is 0 Å². The number of carbonyl (C=O) groups is 2. The minimum Gasteiger partial charge on any atom is -0.497 e. The summed E-state index contributed by atoms with van der Waals surface area (Å²) in [6.45, 7) is 2.35. The first-order valence-corrected chi connectivity index (χ1v) is 10.3. The Morgan fingerprint density at radius 3 is 2.73 bits per heavy atom. The molecular formula is C23H27N3O4. The van der Waals surface area contributed by atoms with Crippen LogP contribution in [0, 0.1) is 0 Å². The fraction of sp³-hybridized carbons (Fsp3) is 0.391. The molecule has 2 N–H and O–H groups in total. The van der Waals surface area contributed by atoms with E-state index in [-0.39, 0.29) is 18.0 Å². The van der Waals surface area contributed by atoms with Crippen LogP contribution in [0.3, 0.4) is 0 Å². The average molecular weight is 409 g/mol. The molecule has 1 fully saturated rings. The van der Waals surface area contributed by atoms with E-state index >= 15 is 0 Å². The van der Waals surface area contributed by atoms with Crippen LogP contribution < -0.4 is 20.3 Å². The van der Waals surface area contributed by atoms with Crippen molar-refractivity contribution in [3.05, 3.63) is 59.2 Å². The predicted octanol–water partition coefficient (Wildman–Crippen LogP) is 2.88. The van der Waals surface area contributed by atoms with Crippen LogP contribution >= 0.6 is 0 Å². The summed E-state index contributed by atoms with van der Waals surface area (Å²) in [7, 11) is 1.60. The van der Waals surface area contributed by atoms with Crippen molar-refractivity contribution in [2.24, 2.45) is 0 Å². The second-order valence-corrected chi connectivity index (χ2v) is 7.60. The molecule has 0 radical (unpaired) electrons. The van der Waals surface area contributed by atoms with Gasteiger partial charge in [-0.25, -0.2) is 4.79 Å².